The molecule has 0 amide bonds. The molecule has 1 aliphatic rings. The summed E-state index contributed by atoms with van der Waals surface area (Å²) in [6.45, 7) is 10.4. The molecule has 0 saturated carbocycles. The molecule has 0 radical (unpaired) electrons. The Hall–Kier alpha value is -0.780. The number of ketones is 1. The van der Waals surface area contributed by atoms with Crippen LogP contribution in [0.25, 0.3) is 0 Å². The molecule has 0 unspecified atom stereocenters. The Morgan fingerprint density at radius 1 is 1.27 bits per heavy atom. The molecule has 0 N–H and O–H groups in total. The Labute approximate surface area is 141 Å². The first-order valence-corrected chi connectivity index (χ1v) is 8.86. The largest absolute Gasteiger partial charge is 0.299 e. The zero-order chi connectivity index (χ0) is 16.8. The fraction of sp³-hybridized carbons (Fsp3) is 0.700. The van der Waals surface area contributed by atoms with Crippen LogP contribution in [0.1, 0.15) is 73.1 Å². The van der Waals surface area contributed by atoms with Gasteiger partial charge in [-0.15, -0.1) is 17.3 Å². The van der Waals surface area contributed by atoms with Gasteiger partial charge in [-0.05, 0) is 77.4 Å². The Bertz CT molecular complexity index is 472. The molecule has 0 spiro atoms. The molecule has 0 heterocycles. The Balaban J connectivity index is 2.96. The van der Waals surface area contributed by atoms with Crippen molar-refractivity contribution in [1.29, 1.82) is 0 Å². The molecule has 2 atom stereocenters. The van der Waals surface area contributed by atoms with Gasteiger partial charge in [0.2, 0.25) is 0 Å². The van der Waals surface area contributed by atoms with Gasteiger partial charge in [0.05, 0.1) is 0 Å². The van der Waals surface area contributed by atoms with Crippen molar-refractivity contribution in [3.8, 4) is 0 Å². The van der Waals surface area contributed by atoms with Gasteiger partial charge in [0.15, 0.2) is 0 Å². The molecular formula is C20H31ClO. The number of carbonyl (C=O) groups is 1. The van der Waals surface area contributed by atoms with Gasteiger partial charge < -0.3 is 0 Å². The van der Waals surface area contributed by atoms with E-state index in [0.29, 0.717) is 18.1 Å². The lowest BCUT2D eigenvalue weighted by molar-refractivity contribution is -0.124. The lowest BCUT2D eigenvalue weighted by atomic mass is 9.82. The molecular weight excluding hydrogens is 292 g/mol. The summed E-state index contributed by atoms with van der Waals surface area (Å²) >= 11 is 6.51. The Morgan fingerprint density at radius 3 is 2.59 bits per heavy atom. The van der Waals surface area contributed by atoms with E-state index >= 15 is 0 Å². The van der Waals surface area contributed by atoms with Crippen molar-refractivity contribution in [2.75, 3.05) is 0 Å². The second-order valence-corrected chi connectivity index (χ2v) is 8.36. The van der Waals surface area contributed by atoms with E-state index in [9.17, 15) is 4.79 Å². The molecule has 0 aromatic rings. The topological polar surface area (TPSA) is 17.1 Å². The molecule has 0 aliphatic heterocycles. The van der Waals surface area contributed by atoms with E-state index in [4.69, 9.17) is 11.6 Å². The SMILES string of the molecule is CC1=C=CC[C@@H](C)CC(=O)[C@H](C(C)(C)Cl)CC/C(C)=C\CC1. The maximum Gasteiger partial charge on any atom is 0.138 e. The third kappa shape index (κ3) is 6.99. The van der Waals surface area contributed by atoms with Gasteiger partial charge in [0, 0.05) is 17.2 Å². The molecule has 2 heteroatoms. The number of allylic oxidation sites excluding steroid dienone is 3. The van der Waals surface area contributed by atoms with Gasteiger partial charge >= 0.3 is 0 Å². The fourth-order valence-corrected chi connectivity index (χ4v) is 3.20. The molecule has 1 aliphatic carbocycles. The second-order valence-electron chi connectivity index (χ2n) is 7.38. The number of carbonyl (C=O) groups excluding carboxylic acids is 1. The molecule has 124 valence electrons. The van der Waals surface area contributed by atoms with Crippen LogP contribution in [-0.2, 0) is 4.79 Å². The number of hydrogen-bond donors (Lipinski definition) is 0. The minimum absolute atomic E-state index is 0.0656. The van der Waals surface area contributed by atoms with Crippen LogP contribution < -0.4 is 0 Å². The van der Waals surface area contributed by atoms with Crippen molar-refractivity contribution in [1.82, 2.24) is 0 Å². The molecule has 0 fully saturated rings. The maximum absolute atomic E-state index is 12.7. The molecule has 1 nitrogen and oxygen atoms in total. The van der Waals surface area contributed by atoms with Crippen molar-refractivity contribution < 1.29 is 4.79 Å². The van der Waals surface area contributed by atoms with Crippen LogP contribution in [-0.4, -0.2) is 10.7 Å². The number of hydrogen-bond acceptors (Lipinski definition) is 1. The van der Waals surface area contributed by atoms with Gasteiger partial charge in [-0.1, -0.05) is 18.6 Å². The van der Waals surface area contributed by atoms with Crippen molar-refractivity contribution in [3.05, 3.63) is 29.0 Å². The normalized spacial score (nSPS) is 28.5. The molecule has 0 bridgehead atoms. The minimum atomic E-state index is -0.472. The van der Waals surface area contributed by atoms with Gasteiger partial charge in [0.25, 0.3) is 0 Å². The summed E-state index contributed by atoms with van der Waals surface area (Å²) in [7, 11) is 0. The van der Waals surface area contributed by atoms with Crippen molar-refractivity contribution >= 4 is 17.4 Å². The fourth-order valence-electron chi connectivity index (χ4n) is 2.97. The number of halogens is 1. The first-order valence-electron chi connectivity index (χ1n) is 8.48. The molecule has 0 aromatic heterocycles. The highest BCUT2D eigenvalue weighted by Crippen LogP contribution is 2.32. The zero-order valence-electron chi connectivity index (χ0n) is 14.8. The highest BCUT2D eigenvalue weighted by atomic mass is 35.5. The number of Topliss-reactive ketones (excluding diaryl/α,β-unsaturated/α-hetero) is 1. The van der Waals surface area contributed by atoms with E-state index < -0.39 is 4.87 Å². The van der Waals surface area contributed by atoms with E-state index in [2.05, 4.69) is 38.7 Å². The summed E-state index contributed by atoms with van der Waals surface area (Å²) in [6, 6.07) is 0. The van der Waals surface area contributed by atoms with E-state index in [1.54, 1.807) is 0 Å². The minimum Gasteiger partial charge on any atom is -0.299 e. The predicted molar refractivity (Wildman–Crippen MR) is 96.3 cm³/mol. The highest BCUT2D eigenvalue weighted by molar-refractivity contribution is 6.25. The van der Waals surface area contributed by atoms with Gasteiger partial charge in [0.1, 0.15) is 5.78 Å². The van der Waals surface area contributed by atoms with Crippen LogP contribution in [0.2, 0.25) is 0 Å². The van der Waals surface area contributed by atoms with Crippen LogP contribution in [0.5, 0.6) is 0 Å². The third-order valence-electron chi connectivity index (χ3n) is 4.48. The van der Waals surface area contributed by atoms with Gasteiger partial charge in [-0.25, -0.2) is 0 Å². The molecule has 0 aromatic carbocycles. The van der Waals surface area contributed by atoms with E-state index in [1.807, 2.05) is 13.8 Å². The van der Waals surface area contributed by atoms with Crippen molar-refractivity contribution in [3.63, 3.8) is 0 Å². The van der Waals surface area contributed by atoms with Gasteiger partial charge in [-0.3, -0.25) is 4.79 Å². The first-order chi connectivity index (χ1) is 10.2. The average molecular weight is 323 g/mol. The number of alkyl halides is 1. The second kappa shape index (κ2) is 8.75. The Morgan fingerprint density at radius 2 is 1.95 bits per heavy atom. The summed E-state index contributed by atoms with van der Waals surface area (Å²) in [6.07, 6.45) is 9.84. The lowest BCUT2D eigenvalue weighted by Gasteiger charge is -2.28. The lowest BCUT2D eigenvalue weighted by Crippen LogP contribution is -2.33. The smallest absolute Gasteiger partial charge is 0.138 e. The van der Waals surface area contributed by atoms with Crippen LogP contribution in [0, 0.1) is 11.8 Å². The van der Waals surface area contributed by atoms with Gasteiger partial charge in [-0.2, -0.15) is 0 Å². The summed E-state index contributed by atoms with van der Waals surface area (Å²) < 4.78 is 0. The van der Waals surface area contributed by atoms with E-state index in [1.165, 1.54) is 11.1 Å². The standard InChI is InChI=1S/C20H31ClO/c1-15-8-6-10-16(2)12-13-18(20(4,5)21)19(22)14-17(3)11-7-9-15/h7,10,17-18H,6,8,11-14H2,1-5H3/b16-10-/t9?,17-,18-/m1/s1. The quantitative estimate of drug-likeness (QED) is 0.318. The Kier molecular flexibility index (Phi) is 7.66. The zero-order valence-corrected chi connectivity index (χ0v) is 15.6. The predicted octanol–water partition coefficient (Wildman–Crippen LogP) is 6.23. The average Bonchev–Trinajstić information content (AvgIpc) is 2.36. The highest BCUT2D eigenvalue weighted by Gasteiger charge is 2.33. The van der Waals surface area contributed by atoms with Crippen LogP contribution in [0.3, 0.4) is 0 Å². The monoisotopic (exact) mass is 322 g/mol. The van der Waals surface area contributed by atoms with Crippen LogP contribution >= 0.6 is 11.6 Å². The first kappa shape index (κ1) is 19.3. The summed E-state index contributed by atoms with van der Waals surface area (Å²) in [5.41, 5.74) is 6.02. The summed E-state index contributed by atoms with van der Waals surface area (Å²) in [5, 5.41) is 0. The summed E-state index contributed by atoms with van der Waals surface area (Å²) in [5.74, 6) is 0.601. The van der Waals surface area contributed by atoms with Crippen molar-refractivity contribution in [2.24, 2.45) is 11.8 Å². The molecule has 0 saturated heterocycles. The van der Waals surface area contributed by atoms with Crippen LogP contribution in [0.4, 0.5) is 0 Å². The van der Waals surface area contributed by atoms with Crippen LogP contribution in [0.15, 0.2) is 29.0 Å². The number of rotatable bonds is 1. The van der Waals surface area contributed by atoms with Crippen molar-refractivity contribution in [2.45, 2.75) is 78.0 Å². The van der Waals surface area contributed by atoms with E-state index in [0.717, 1.165) is 32.1 Å². The third-order valence-corrected chi connectivity index (χ3v) is 4.74. The maximum atomic E-state index is 12.7. The molecule has 22 heavy (non-hydrogen) atoms. The van der Waals surface area contributed by atoms with E-state index in [-0.39, 0.29) is 5.92 Å². The molecule has 1 rings (SSSR count). The summed E-state index contributed by atoms with van der Waals surface area (Å²) in [4.78, 5) is 12.2.